The molecule has 27 heteroatoms. The number of quaternary nitrogens is 1. The normalized spacial score (nSPS) is 15.9. The van der Waals surface area contributed by atoms with Crippen LogP contribution in [0, 0.1) is 0 Å². The summed E-state index contributed by atoms with van der Waals surface area (Å²) in [5.41, 5.74) is 0. The molecule has 0 amide bonds. The molecule has 0 spiro atoms. The average molecular weight is 684 g/mol. The molecular formula is C13H14F18N2O5S2. The van der Waals surface area contributed by atoms with Gasteiger partial charge in [-0.1, -0.05) is 0 Å². The van der Waals surface area contributed by atoms with Gasteiger partial charge in [0, 0.05) is 0 Å². The second-order valence-electron chi connectivity index (χ2n) is 8.09. The van der Waals surface area contributed by atoms with Gasteiger partial charge >= 0.3 is 46.6 Å². The van der Waals surface area contributed by atoms with Crippen LogP contribution in [0.25, 0.3) is 4.13 Å². The molecule has 0 unspecified atom stereocenters. The van der Waals surface area contributed by atoms with Gasteiger partial charge in [-0.2, -0.15) is 79.0 Å². The van der Waals surface area contributed by atoms with Crippen LogP contribution < -0.4 is 0 Å². The molecule has 0 rings (SSSR count). The predicted octanol–water partition coefficient (Wildman–Crippen LogP) is 4.56. The van der Waals surface area contributed by atoms with E-state index in [1.807, 2.05) is 0 Å². The summed E-state index contributed by atoms with van der Waals surface area (Å²) in [4.78, 5) is 0. The van der Waals surface area contributed by atoms with Gasteiger partial charge in [-0.05, 0) is 0 Å². The highest BCUT2D eigenvalue weighted by Gasteiger charge is 2.86. The molecule has 0 saturated carbocycles. The number of nitrogens with zero attached hydrogens (tertiary/aromatic N) is 2. The van der Waals surface area contributed by atoms with Crippen LogP contribution >= 0.6 is 0 Å². The molecule has 0 heterocycles. The van der Waals surface area contributed by atoms with Crippen molar-refractivity contribution < 1.29 is 105 Å². The van der Waals surface area contributed by atoms with E-state index in [0.717, 1.165) is 11.0 Å². The fraction of sp³-hybridized carbons (Fsp3) is 1.00. The third-order valence-corrected chi connectivity index (χ3v) is 7.23. The molecule has 0 atom stereocenters. The minimum atomic E-state index is -8.81. The Kier molecular flexibility index (Phi) is 11.2. The van der Waals surface area contributed by atoms with Gasteiger partial charge in [-0.15, -0.1) is 0 Å². The van der Waals surface area contributed by atoms with Crippen LogP contribution in [-0.4, -0.2) is 107 Å². The zero-order chi connectivity index (χ0) is 33.6. The molecule has 0 bridgehead atoms. The highest BCUT2D eigenvalue weighted by molar-refractivity contribution is 8.13. The first-order valence-electron chi connectivity index (χ1n) is 8.82. The Balaban J connectivity index is 0. The predicted molar refractivity (Wildman–Crippen MR) is 93.0 cm³/mol. The standard InChI is InChI=1S/C8F18NO4S2.C5H14NO/c9-1(10,5(17,18)19)3(13,14)7(23,24)32(28,29)27-33(30,31)8(25,26)4(15,16)2(11,12)6(20,21)22;1-6(2,3)4-5-7/h;7H,4-5H2,1-3H3/q-1;+1. The Morgan fingerprint density at radius 2 is 0.750 bits per heavy atom. The first kappa shape index (κ1) is 40.7. The Morgan fingerprint density at radius 3 is 0.875 bits per heavy atom. The monoisotopic (exact) mass is 684 g/mol. The maximum absolute atomic E-state index is 13.2. The molecule has 0 aromatic heterocycles. The van der Waals surface area contributed by atoms with Crippen LogP contribution in [0.1, 0.15) is 0 Å². The second-order valence-corrected chi connectivity index (χ2v) is 11.6. The lowest BCUT2D eigenvalue weighted by Gasteiger charge is -2.39. The van der Waals surface area contributed by atoms with Gasteiger partial charge in [-0.3, -0.25) is 0 Å². The molecule has 0 aliphatic heterocycles. The van der Waals surface area contributed by atoms with Gasteiger partial charge in [0.25, 0.3) is 0 Å². The lowest BCUT2D eigenvalue weighted by molar-refractivity contribution is -0.870. The maximum atomic E-state index is 13.2. The minimum Gasteiger partial charge on any atom is -0.425 e. The zero-order valence-corrected chi connectivity index (χ0v) is 20.6. The Bertz CT molecular complexity index is 1010. The third-order valence-electron chi connectivity index (χ3n) is 3.85. The van der Waals surface area contributed by atoms with Crippen molar-refractivity contribution in [3.05, 3.63) is 4.13 Å². The second kappa shape index (κ2) is 11.0. The number of alkyl halides is 18. The van der Waals surface area contributed by atoms with E-state index in [0.29, 0.717) is 0 Å². The van der Waals surface area contributed by atoms with Crippen molar-refractivity contribution in [1.29, 1.82) is 0 Å². The van der Waals surface area contributed by atoms with Gasteiger partial charge in [0.05, 0.1) is 27.7 Å². The Hall–Kier alpha value is -1.48. The summed E-state index contributed by atoms with van der Waals surface area (Å²) in [6.45, 7) is 1.11. The summed E-state index contributed by atoms with van der Waals surface area (Å²) < 4.78 is 270. The summed E-state index contributed by atoms with van der Waals surface area (Å²) in [5, 5.41) is -8.05. The first-order valence-corrected chi connectivity index (χ1v) is 11.7. The summed E-state index contributed by atoms with van der Waals surface area (Å²) in [6, 6.07) is 0. The van der Waals surface area contributed by atoms with Crippen molar-refractivity contribution in [2.24, 2.45) is 0 Å². The van der Waals surface area contributed by atoms with Gasteiger partial charge in [0.15, 0.2) is 20.0 Å². The van der Waals surface area contributed by atoms with Gasteiger partial charge in [0.2, 0.25) is 0 Å². The van der Waals surface area contributed by atoms with Crippen LogP contribution in [0.15, 0.2) is 0 Å². The molecule has 0 aliphatic carbocycles. The number of hydrogen-bond donors (Lipinski definition) is 1. The quantitative estimate of drug-likeness (QED) is 0.269. The van der Waals surface area contributed by atoms with Gasteiger partial charge < -0.3 is 13.7 Å². The molecule has 40 heavy (non-hydrogen) atoms. The van der Waals surface area contributed by atoms with E-state index < -0.39 is 66.6 Å². The van der Waals surface area contributed by atoms with Crippen molar-refractivity contribution in [1.82, 2.24) is 0 Å². The molecular weight excluding hydrogens is 670 g/mol. The van der Waals surface area contributed by atoms with E-state index in [9.17, 15) is 95.9 Å². The SMILES string of the molecule is C[N+](C)(C)CCO.O=S(=O)([N-]S(=O)(=O)C(F)(F)C(F)(F)C(F)(F)C(F)(F)F)C(F)(F)C(F)(F)C(F)(F)C(F)(F)F. The third kappa shape index (κ3) is 7.11. The molecule has 244 valence electrons. The minimum absolute atomic E-state index is 0.109. The van der Waals surface area contributed by atoms with Crippen molar-refractivity contribution in [3.8, 4) is 0 Å². The molecule has 1 N–H and O–H groups in total. The number of hydrogen-bond acceptors (Lipinski definition) is 5. The lowest BCUT2D eigenvalue weighted by Crippen LogP contribution is -2.64. The first-order chi connectivity index (χ1) is 16.8. The number of aliphatic hydroxyl groups excluding tert-OH is 1. The molecule has 0 saturated heterocycles. The Morgan fingerprint density at radius 1 is 0.525 bits per heavy atom. The van der Waals surface area contributed by atoms with E-state index in [2.05, 4.69) is 21.1 Å². The van der Waals surface area contributed by atoms with Gasteiger partial charge in [0.1, 0.15) is 6.54 Å². The number of rotatable bonds is 10. The van der Waals surface area contributed by atoms with E-state index in [1.54, 1.807) is 0 Å². The molecule has 0 aliphatic rings. The number of likely N-dealkylation sites (N-methyl/N-ethyl adjacent to an activating group) is 1. The maximum Gasteiger partial charge on any atom is 0.460 e. The highest BCUT2D eigenvalue weighted by atomic mass is 32.3. The van der Waals surface area contributed by atoms with Gasteiger partial charge in [-0.25, -0.2) is 16.8 Å². The number of aliphatic hydroxyl groups is 1. The van der Waals surface area contributed by atoms with E-state index in [1.165, 1.54) is 0 Å². The highest BCUT2D eigenvalue weighted by Crippen LogP contribution is 2.58. The van der Waals surface area contributed by atoms with Crippen LogP contribution in [0.2, 0.25) is 0 Å². The summed E-state index contributed by atoms with van der Waals surface area (Å²) in [7, 11) is -11.5. The number of sulfonamides is 2. The molecule has 0 aromatic rings. The summed E-state index contributed by atoms with van der Waals surface area (Å²) in [6.07, 6.45) is -15.6. The Labute approximate surface area is 211 Å². The lowest BCUT2D eigenvalue weighted by atomic mass is 10.1. The van der Waals surface area contributed by atoms with E-state index in [4.69, 9.17) is 5.11 Å². The average Bonchev–Trinajstić information content (AvgIpc) is 2.63. The molecule has 7 nitrogen and oxygen atoms in total. The van der Waals surface area contributed by atoms with Crippen LogP contribution in [-0.2, 0) is 20.0 Å². The van der Waals surface area contributed by atoms with Crippen molar-refractivity contribution >= 4 is 20.0 Å². The van der Waals surface area contributed by atoms with Crippen LogP contribution in [0.4, 0.5) is 79.0 Å². The fourth-order valence-electron chi connectivity index (χ4n) is 1.57. The van der Waals surface area contributed by atoms with Crippen LogP contribution in [0.3, 0.4) is 0 Å². The van der Waals surface area contributed by atoms with Crippen molar-refractivity contribution in [2.75, 3.05) is 34.3 Å². The summed E-state index contributed by atoms with van der Waals surface area (Å²) in [5.74, 6) is -33.0. The van der Waals surface area contributed by atoms with Crippen molar-refractivity contribution in [3.63, 3.8) is 0 Å². The number of halogens is 18. The molecule has 0 aromatic carbocycles. The molecule has 0 radical (unpaired) electrons. The molecule has 0 fully saturated rings. The fourth-order valence-corrected chi connectivity index (χ4v) is 4.25. The summed E-state index contributed by atoms with van der Waals surface area (Å²) >= 11 is 0. The van der Waals surface area contributed by atoms with E-state index >= 15 is 0 Å². The zero-order valence-electron chi connectivity index (χ0n) is 19.0. The smallest absolute Gasteiger partial charge is 0.425 e. The topological polar surface area (TPSA) is 103 Å². The van der Waals surface area contributed by atoms with E-state index in [-0.39, 0.29) is 10.7 Å². The largest absolute Gasteiger partial charge is 0.460 e. The van der Waals surface area contributed by atoms with Crippen molar-refractivity contribution in [2.45, 2.75) is 46.6 Å². The van der Waals surface area contributed by atoms with Crippen LogP contribution in [0.5, 0.6) is 0 Å².